The lowest BCUT2D eigenvalue weighted by molar-refractivity contribution is -0.143. The summed E-state index contributed by atoms with van der Waals surface area (Å²) < 4.78 is 38.3. The Morgan fingerprint density at radius 2 is 1.47 bits per heavy atom. The van der Waals surface area contributed by atoms with Crippen LogP contribution < -0.4 is 54.0 Å². The first-order valence-corrected chi connectivity index (χ1v) is 29.5. The van der Waals surface area contributed by atoms with Crippen LogP contribution in [-0.2, 0) is 54.8 Å². The molecule has 466 valence electrons. The molecule has 8 bridgehead atoms. The van der Waals surface area contributed by atoms with Crippen LogP contribution in [0, 0.1) is 13.8 Å². The Kier molecular flexibility index (Phi) is 22.5. The maximum Gasteiger partial charge on any atom is 0.326 e. The number of carbonyl (C=O) groups is 10. The second-order valence-corrected chi connectivity index (χ2v) is 22.8. The summed E-state index contributed by atoms with van der Waals surface area (Å²) in [6.07, 6.45) is -0.897. The minimum Gasteiger partial charge on any atom is -0.480 e. The Morgan fingerprint density at radius 3 is 2.13 bits per heavy atom. The number of ether oxygens (including phenoxy) is 1. The first kappa shape index (κ1) is 66.1. The van der Waals surface area contributed by atoms with E-state index in [9.17, 15) is 66.0 Å². The number of hydrogen-bond donors (Lipinski definition) is 14. The second kappa shape index (κ2) is 29.2. The number of aromatic amines is 2. The average Bonchev–Trinajstić information content (AvgIpc) is 2.16. The normalized spacial score (nSPS) is 20.8. The molecule has 3 aliphatic heterocycles. The highest BCUT2D eigenvalue weighted by atomic mass is 32.2. The summed E-state index contributed by atoms with van der Waals surface area (Å²) in [5, 5.41) is 29.6. The van der Waals surface area contributed by atoms with Gasteiger partial charge in [0.25, 0.3) is 16.0 Å². The van der Waals surface area contributed by atoms with Gasteiger partial charge in [-0.3, -0.25) is 57.9 Å². The molecule has 3 aliphatic rings. The van der Waals surface area contributed by atoms with E-state index in [0.29, 0.717) is 56.7 Å². The number of methoxy groups -OCH3 is 1. The number of aromatic nitrogens is 4. The topological polar surface area (TPSA) is 473 Å². The molecule has 0 aliphatic carbocycles. The number of H-pyrrole nitrogens is 2. The van der Waals surface area contributed by atoms with Crippen LogP contribution in [0.2, 0.25) is 0 Å². The quantitative estimate of drug-likeness (QED) is 0.0211. The van der Waals surface area contributed by atoms with Crippen LogP contribution in [0.1, 0.15) is 150 Å². The molecule has 31 heteroatoms. The fourth-order valence-electron chi connectivity index (χ4n) is 10.7. The number of carboxylic acids is 1. The van der Waals surface area contributed by atoms with Crippen molar-refractivity contribution < 1.29 is 70.8 Å². The molecule has 3 aromatic heterocycles. The number of Topliss-reactive ketones (excluding diaryl/α,β-unsaturated/α-hetero) is 1. The maximum atomic E-state index is 14.4. The SMILES string of the molecule is CC[C@H]1c2cc3[nH]c(c(CC(=O)OC)c4nc(cc5[nH]c(cc(n2)[C@@H]1C)c(C(C)=O)c5C)[C@@H](C)[C@@H]4CCC(=O)NC1CNC(=O)CC(C(=O)O)NC(=O)CNC(=O)C(CCCN=C(N)N)NC(=O)NCCNC1=O)c(C(=O)NCCS(=O)(=O)O)c3C. The molecule has 1 fully saturated rings. The molecule has 6 rings (SSSR count). The van der Waals surface area contributed by atoms with Gasteiger partial charge in [-0.1, -0.05) is 20.8 Å². The number of rotatable bonds is 17. The number of urea groups is 1. The molecule has 6 heterocycles. The van der Waals surface area contributed by atoms with Crippen LogP contribution in [0.25, 0.3) is 22.1 Å². The van der Waals surface area contributed by atoms with Gasteiger partial charge in [-0.2, -0.15) is 8.42 Å². The Bertz CT molecular complexity index is 3480. The van der Waals surface area contributed by atoms with E-state index < -0.39 is 132 Å². The third kappa shape index (κ3) is 17.1. The molecule has 0 spiro atoms. The molecule has 86 heavy (non-hydrogen) atoms. The molecule has 8 amide bonds. The van der Waals surface area contributed by atoms with Gasteiger partial charge in [0.2, 0.25) is 29.5 Å². The summed E-state index contributed by atoms with van der Waals surface area (Å²) in [5.41, 5.74) is 15.9. The molecule has 1 saturated heterocycles. The minimum absolute atomic E-state index is 0.000114. The summed E-state index contributed by atoms with van der Waals surface area (Å²) in [6, 6.07) is -0.0626. The number of carbonyl (C=O) groups excluding carboxylic acids is 9. The largest absolute Gasteiger partial charge is 0.480 e. The Labute approximate surface area is 494 Å². The smallest absolute Gasteiger partial charge is 0.326 e. The molecule has 3 unspecified atom stereocenters. The van der Waals surface area contributed by atoms with Gasteiger partial charge in [-0.05, 0) is 75.8 Å². The zero-order valence-corrected chi connectivity index (χ0v) is 49.6. The van der Waals surface area contributed by atoms with E-state index in [1.807, 2.05) is 26.8 Å². The number of aliphatic imine (C=N–C) groups is 1. The summed E-state index contributed by atoms with van der Waals surface area (Å²) >= 11 is 0. The number of ketones is 1. The number of amides is 8. The van der Waals surface area contributed by atoms with E-state index in [1.165, 1.54) is 14.0 Å². The zero-order valence-electron chi connectivity index (χ0n) is 48.8. The fourth-order valence-corrected chi connectivity index (χ4v) is 11.0. The third-order valence-corrected chi connectivity index (χ3v) is 16.0. The fraction of sp³-hybridized carbons (Fsp3) is 0.509. The zero-order chi connectivity index (χ0) is 63.3. The lowest BCUT2D eigenvalue weighted by atomic mass is 9.84. The van der Waals surface area contributed by atoms with Crippen LogP contribution in [0.4, 0.5) is 4.79 Å². The van der Waals surface area contributed by atoms with E-state index in [1.54, 1.807) is 26.0 Å². The number of fused-ring (bicyclic) bond motifs is 8. The number of nitrogens with two attached hydrogens (primary N) is 2. The molecule has 3 aromatic rings. The Hall–Kier alpha value is -9.00. The number of carboxylic acid groups (broad SMARTS) is 1. The first-order chi connectivity index (χ1) is 40.6. The van der Waals surface area contributed by atoms with Crippen LogP contribution in [-0.4, -0.2) is 173 Å². The Balaban J connectivity index is 1.42. The van der Waals surface area contributed by atoms with Crippen LogP contribution in [0.15, 0.2) is 23.2 Å². The molecule has 0 aromatic carbocycles. The van der Waals surface area contributed by atoms with Crippen LogP contribution in [0.5, 0.6) is 0 Å². The van der Waals surface area contributed by atoms with Gasteiger partial charge in [-0.15, -0.1) is 0 Å². The highest BCUT2D eigenvalue weighted by Crippen LogP contribution is 2.44. The van der Waals surface area contributed by atoms with E-state index in [-0.39, 0.29) is 91.2 Å². The van der Waals surface area contributed by atoms with Crippen molar-refractivity contribution in [2.45, 2.75) is 128 Å². The van der Waals surface area contributed by atoms with Crippen molar-refractivity contribution in [2.24, 2.45) is 16.5 Å². The van der Waals surface area contributed by atoms with Crippen molar-refractivity contribution in [3.63, 3.8) is 0 Å². The van der Waals surface area contributed by atoms with E-state index in [4.69, 9.17) is 26.2 Å². The van der Waals surface area contributed by atoms with Gasteiger partial charge in [0.15, 0.2) is 11.7 Å². The van der Waals surface area contributed by atoms with Crippen molar-refractivity contribution in [1.29, 1.82) is 0 Å². The number of nitrogens with one attached hydrogen (secondary N) is 10. The third-order valence-electron chi connectivity index (χ3n) is 15.2. The standard InChI is InChI=1S/C55H75N15O15S/c1-8-30-25(2)34-21-39-46(29(6)71)27(4)36(65-39)19-35-26(3)31(48(68-35)32(18-45(75)85-7)49-47(52(78)59-16-17-86(82,83)84)28(5)37(69-49)20-38(30)64-34)11-12-42(72)67-41-23-62-43(73)22-40(53(79)80)66-44(74)24-63-50(76)33(10-9-13-60-54(56)57)70-55(81)61-15-14-58-51(41)77/h19-21,25-26,30-31,33,40-41,65,69H,8-18,22-24H2,1-7H3,(H,58,77)(H,59,78)(H,62,73)(H,63,76)(H,66,74)(H,67,72)(H,79,80)(H4,56,57,60)(H2,61,70,81)(H,82,83,84)/t25-,26+,30-,31+,33?,40?,41?/m1/s1. The van der Waals surface area contributed by atoms with Gasteiger partial charge < -0.3 is 73.8 Å². The number of aryl methyl sites for hydroxylation is 2. The maximum absolute atomic E-state index is 14.4. The van der Waals surface area contributed by atoms with Crippen molar-refractivity contribution in [3.8, 4) is 0 Å². The number of esters is 1. The predicted molar refractivity (Wildman–Crippen MR) is 312 cm³/mol. The molecule has 16 N–H and O–H groups in total. The number of hydrogen-bond acceptors (Lipinski definition) is 16. The van der Waals surface area contributed by atoms with Crippen molar-refractivity contribution in [3.05, 3.63) is 68.8 Å². The second-order valence-electron chi connectivity index (χ2n) is 21.2. The van der Waals surface area contributed by atoms with Crippen LogP contribution >= 0.6 is 0 Å². The van der Waals surface area contributed by atoms with Gasteiger partial charge in [0, 0.05) is 102 Å². The molecule has 30 nitrogen and oxygen atoms in total. The van der Waals surface area contributed by atoms with Crippen molar-refractivity contribution in [1.82, 2.24) is 62.5 Å². The minimum atomic E-state index is -4.51. The van der Waals surface area contributed by atoms with Gasteiger partial charge in [0.05, 0.1) is 54.5 Å². The number of nitrogens with zero attached hydrogens (tertiary/aromatic N) is 3. The van der Waals surface area contributed by atoms with Gasteiger partial charge in [0.1, 0.15) is 18.1 Å². The van der Waals surface area contributed by atoms with Crippen molar-refractivity contribution in [2.75, 3.05) is 52.1 Å². The molecule has 7 atom stereocenters. The predicted octanol–water partition coefficient (Wildman–Crippen LogP) is -0.0400. The van der Waals surface area contributed by atoms with Crippen molar-refractivity contribution >= 4 is 97.3 Å². The van der Waals surface area contributed by atoms with E-state index in [2.05, 4.69) is 57.5 Å². The lowest BCUT2D eigenvalue weighted by Gasteiger charge is -2.22. The molecule has 0 saturated carbocycles. The first-order valence-electron chi connectivity index (χ1n) is 27.9. The molecule has 0 radical (unpaired) electrons. The van der Waals surface area contributed by atoms with Gasteiger partial charge in [-0.25, -0.2) is 9.59 Å². The summed E-state index contributed by atoms with van der Waals surface area (Å²) in [7, 11) is -3.34. The monoisotopic (exact) mass is 1220 g/mol. The Morgan fingerprint density at radius 1 is 0.814 bits per heavy atom. The lowest BCUT2D eigenvalue weighted by Crippen LogP contribution is -2.54. The molecular formula is C55H75N15O15S. The summed E-state index contributed by atoms with van der Waals surface area (Å²) in [4.78, 5) is 155. The number of guanidine groups is 1. The highest BCUT2D eigenvalue weighted by molar-refractivity contribution is 7.85. The molecular weight excluding hydrogens is 1140 g/mol. The van der Waals surface area contributed by atoms with Crippen LogP contribution in [0.3, 0.4) is 0 Å². The highest BCUT2D eigenvalue weighted by Gasteiger charge is 2.36. The average molecular weight is 1220 g/mol. The summed E-state index contributed by atoms with van der Waals surface area (Å²) in [6.45, 7) is 8.55. The number of aliphatic carboxylic acids is 1. The van der Waals surface area contributed by atoms with Gasteiger partial charge >= 0.3 is 18.0 Å². The van der Waals surface area contributed by atoms with E-state index in [0.717, 1.165) is 0 Å². The van der Waals surface area contributed by atoms with E-state index >= 15 is 0 Å². The summed E-state index contributed by atoms with van der Waals surface area (Å²) in [5.74, 6) is -10.3.